The van der Waals surface area contributed by atoms with Gasteiger partial charge >= 0.3 is 5.97 Å². The van der Waals surface area contributed by atoms with Gasteiger partial charge in [-0.3, -0.25) is 4.79 Å². The van der Waals surface area contributed by atoms with Crippen LogP contribution in [0.15, 0.2) is 35.7 Å². The number of ether oxygens (including phenoxy) is 2. The Labute approximate surface area is 138 Å². The first-order valence-corrected chi connectivity index (χ1v) is 7.92. The quantitative estimate of drug-likeness (QED) is 0.461. The van der Waals surface area contributed by atoms with Gasteiger partial charge in [0, 0.05) is 6.42 Å². The molecule has 6 nitrogen and oxygen atoms in total. The Morgan fingerprint density at radius 2 is 2.04 bits per heavy atom. The van der Waals surface area contributed by atoms with Crippen molar-refractivity contribution < 1.29 is 19.1 Å². The highest BCUT2D eigenvalue weighted by Crippen LogP contribution is 2.23. The fourth-order valence-corrected chi connectivity index (χ4v) is 2.66. The van der Waals surface area contributed by atoms with Crippen LogP contribution in [0.1, 0.15) is 22.5 Å². The Hall–Kier alpha value is -2.54. The van der Waals surface area contributed by atoms with E-state index in [-0.39, 0.29) is 12.3 Å². The third-order valence-electron chi connectivity index (χ3n) is 3.03. The molecule has 7 heteroatoms. The first kappa shape index (κ1) is 16.8. The number of carbonyl (C=O) groups excluding carboxylic acids is 2. The van der Waals surface area contributed by atoms with E-state index in [0.717, 1.165) is 0 Å². The van der Waals surface area contributed by atoms with Crippen molar-refractivity contribution in [2.24, 2.45) is 0 Å². The second-order valence-electron chi connectivity index (χ2n) is 4.69. The van der Waals surface area contributed by atoms with E-state index in [1.807, 2.05) is 12.1 Å². The zero-order valence-corrected chi connectivity index (χ0v) is 13.5. The monoisotopic (exact) mass is 334 g/mol. The average molecular weight is 334 g/mol. The molecule has 0 radical (unpaired) electrons. The highest BCUT2D eigenvalue weighted by atomic mass is 32.1. The summed E-state index contributed by atoms with van der Waals surface area (Å²) in [5.41, 5.74) is 6.80. The average Bonchev–Trinajstić information content (AvgIpc) is 3.00. The molecule has 0 aliphatic carbocycles. The molecule has 0 aliphatic heterocycles. The highest BCUT2D eigenvalue weighted by Gasteiger charge is 2.15. The van der Waals surface area contributed by atoms with Crippen LogP contribution in [-0.4, -0.2) is 25.6 Å². The lowest BCUT2D eigenvalue weighted by molar-refractivity contribution is -0.116. The summed E-state index contributed by atoms with van der Waals surface area (Å²) >= 11 is 1.22. The maximum Gasteiger partial charge on any atom is 0.350 e. The van der Waals surface area contributed by atoms with Crippen molar-refractivity contribution in [1.29, 1.82) is 0 Å². The second kappa shape index (κ2) is 8.19. The normalized spacial score (nSPS) is 10.1. The van der Waals surface area contributed by atoms with E-state index in [2.05, 4.69) is 10.1 Å². The molecule has 0 saturated carbocycles. The number of carbonyl (C=O) groups is 2. The topological polar surface area (TPSA) is 90.6 Å². The predicted molar refractivity (Wildman–Crippen MR) is 89.9 cm³/mol. The first-order valence-electron chi connectivity index (χ1n) is 7.04. The van der Waals surface area contributed by atoms with Crippen molar-refractivity contribution >= 4 is 34.6 Å². The number of methoxy groups -OCH3 is 1. The summed E-state index contributed by atoms with van der Waals surface area (Å²) in [6.45, 7) is 0.384. The van der Waals surface area contributed by atoms with E-state index in [0.29, 0.717) is 35.0 Å². The number of para-hydroxylation sites is 2. The van der Waals surface area contributed by atoms with Crippen molar-refractivity contribution in [2.75, 3.05) is 24.8 Å². The van der Waals surface area contributed by atoms with Crippen LogP contribution in [-0.2, 0) is 9.53 Å². The number of amides is 1. The Morgan fingerprint density at radius 1 is 1.26 bits per heavy atom. The number of hydrogen-bond acceptors (Lipinski definition) is 6. The summed E-state index contributed by atoms with van der Waals surface area (Å²) < 4.78 is 10.2. The molecule has 0 unspecified atom stereocenters. The standard InChI is InChI=1S/C16H18N2O4S/c1-21-16(20)15-12(8-10-23-15)18-14(19)7-4-9-22-13-6-3-2-5-11(13)17/h2-3,5-6,8,10H,4,7,9,17H2,1H3,(H,18,19). The van der Waals surface area contributed by atoms with Crippen LogP contribution in [0, 0.1) is 0 Å². The molecule has 0 spiro atoms. The van der Waals surface area contributed by atoms with E-state index in [1.54, 1.807) is 23.6 Å². The maximum atomic E-state index is 11.9. The van der Waals surface area contributed by atoms with E-state index in [9.17, 15) is 9.59 Å². The van der Waals surface area contributed by atoms with E-state index < -0.39 is 5.97 Å². The molecule has 122 valence electrons. The van der Waals surface area contributed by atoms with E-state index in [4.69, 9.17) is 10.5 Å². The summed E-state index contributed by atoms with van der Waals surface area (Å²) in [6, 6.07) is 8.88. The summed E-state index contributed by atoms with van der Waals surface area (Å²) in [7, 11) is 1.31. The molecule has 23 heavy (non-hydrogen) atoms. The fraction of sp³-hybridized carbons (Fsp3) is 0.250. The van der Waals surface area contributed by atoms with Gasteiger partial charge < -0.3 is 20.5 Å². The molecule has 1 aromatic carbocycles. The van der Waals surface area contributed by atoms with Crippen LogP contribution in [0.5, 0.6) is 5.75 Å². The van der Waals surface area contributed by atoms with Gasteiger partial charge in [-0.25, -0.2) is 4.79 Å². The zero-order chi connectivity index (χ0) is 16.7. The number of nitrogens with one attached hydrogen (secondary N) is 1. The Bertz CT molecular complexity index is 684. The van der Waals surface area contributed by atoms with Gasteiger partial charge in [0.15, 0.2) is 0 Å². The number of hydrogen-bond donors (Lipinski definition) is 2. The van der Waals surface area contributed by atoms with Crippen LogP contribution in [0.4, 0.5) is 11.4 Å². The third-order valence-corrected chi connectivity index (χ3v) is 3.93. The van der Waals surface area contributed by atoms with Gasteiger partial charge in [-0.1, -0.05) is 12.1 Å². The van der Waals surface area contributed by atoms with Crippen molar-refractivity contribution in [3.05, 3.63) is 40.6 Å². The van der Waals surface area contributed by atoms with Crippen molar-refractivity contribution in [1.82, 2.24) is 0 Å². The molecule has 0 bridgehead atoms. The van der Waals surface area contributed by atoms with Crippen LogP contribution >= 0.6 is 11.3 Å². The highest BCUT2D eigenvalue weighted by molar-refractivity contribution is 7.12. The molecular weight excluding hydrogens is 316 g/mol. The number of nitrogen functional groups attached to an aromatic ring is 1. The predicted octanol–water partition coefficient (Wildman–Crippen LogP) is 2.91. The molecular formula is C16H18N2O4S. The van der Waals surface area contributed by atoms with E-state index in [1.165, 1.54) is 18.4 Å². The van der Waals surface area contributed by atoms with Crippen molar-refractivity contribution in [2.45, 2.75) is 12.8 Å². The summed E-state index contributed by atoms with van der Waals surface area (Å²) in [5, 5.41) is 4.43. The number of nitrogens with two attached hydrogens (primary N) is 1. The second-order valence-corrected chi connectivity index (χ2v) is 5.61. The molecule has 0 fully saturated rings. The smallest absolute Gasteiger partial charge is 0.350 e. The minimum Gasteiger partial charge on any atom is -0.491 e. The van der Waals surface area contributed by atoms with Gasteiger partial charge in [0.2, 0.25) is 5.91 Å². The molecule has 2 aromatic rings. The van der Waals surface area contributed by atoms with Gasteiger partial charge in [0.05, 0.1) is 25.1 Å². The number of thiophene rings is 1. The molecule has 0 aliphatic rings. The third kappa shape index (κ3) is 4.72. The molecule has 0 saturated heterocycles. The summed E-state index contributed by atoms with van der Waals surface area (Å²) in [5.74, 6) is -0.0323. The SMILES string of the molecule is COC(=O)c1sccc1NC(=O)CCCOc1ccccc1N. The Balaban J connectivity index is 1.77. The number of rotatable bonds is 7. The zero-order valence-electron chi connectivity index (χ0n) is 12.7. The van der Waals surface area contributed by atoms with Crippen LogP contribution < -0.4 is 15.8 Å². The van der Waals surface area contributed by atoms with Crippen molar-refractivity contribution in [3.63, 3.8) is 0 Å². The molecule has 0 atom stereocenters. The summed E-state index contributed by atoms with van der Waals surface area (Å²) in [6.07, 6.45) is 0.820. The minimum atomic E-state index is -0.460. The lowest BCUT2D eigenvalue weighted by Crippen LogP contribution is -2.14. The fourth-order valence-electron chi connectivity index (χ4n) is 1.90. The van der Waals surface area contributed by atoms with Gasteiger partial charge in [-0.15, -0.1) is 11.3 Å². The number of anilines is 2. The van der Waals surface area contributed by atoms with Gasteiger partial charge in [-0.05, 0) is 30.0 Å². The largest absolute Gasteiger partial charge is 0.491 e. The van der Waals surface area contributed by atoms with Crippen molar-refractivity contribution in [3.8, 4) is 5.75 Å². The molecule has 1 aromatic heterocycles. The summed E-state index contributed by atoms with van der Waals surface area (Å²) in [4.78, 5) is 23.8. The lowest BCUT2D eigenvalue weighted by Gasteiger charge is -2.09. The molecule has 1 heterocycles. The van der Waals surface area contributed by atoms with E-state index >= 15 is 0 Å². The van der Waals surface area contributed by atoms with Gasteiger partial charge in [-0.2, -0.15) is 0 Å². The molecule has 2 rings (SSSR count). The minimum absolute atomic E-state index is 0.182. The first-order chi connectivity index (χ1) is 11.1. The van der Waals surface area contributed by atoms with Gasteiger partial charge in [0.1, 0.15) is 10.6 Å². The lowest BCUT2D eigenvalue weighted by atomic mass is 10.3. The van der Waals surface area contributed by atoms with Gasteiger partial charge in [0.25, 0.3) is 0 Å². The van der Waals surface area contributed by atoms with Crippen LogP contribution in [0.3, 0.4) is 0 Å². The van der Waals surface area contributed by atoms with Crippen LogP contribution in [0.25, 0.3) is 0 Å². The Kier molecular flexibility index (Phi) is 5.99. The Morgan fingerprint density at radius 3 is 2.78 bits per heavy atom. The van der Waals surface area contributed by atoms with Crippen LogP contribution in [0.2, 0.25) is 0 Å². The number of esters is 1. The maximum absolute atomic E-state index is 11.9. The molecule has 3 N–H and O–H groups in total. The molecule has 1 amide bonds. The number of benzene rings is 1.